The Morgan fingerprint density at radius 3 is 2.29 bits per heavy atom. The first kappa shape index (κ1) is 11.6. The fourth-order valence-electron chi connectivity index (χ4n) is 1.79. The minimum Gasteiger partial charge on any atom is -0.497 e. The average molecular weight is 235 g/mol. The van der Waals surface area contributed by atoms with Gasteiger partial charge in [0.2, 0.25) is 5.91 Å². The molecular weight excluding hydrogens is 222 g/mol. The minimum absolute atomic E-state index is 0.0986. The topological polar surface area (TPSA) is 55.8 Å². The minimum atomic E-state index is -0.662. The van der Waals surface area contributed by atoms with Crippen LogP contribution in [0.25, 0.3) is 0 Å². The van der Waals surface area contributed by atoms with Crippen LogP contribution in [-0.4, -0.2) is 32.1 Å². The summed E-state index contributed by atoms with van der Waals surface area (Å²) < 4.78 is 9.97. The zero-order valence-electron chi connectivity index (χ0n) is 9.67. The van der Waals surface area contributed by atoms with Crippen molar-refractivity contribution in [3.63, 3.8) is 0 Å². The molecule has 5 heteroatoms. The van der Waals surface area contributed by atoms with Crippen LogP contribution in [0.1, 0.15) is 6.42 Å². The third kappa shape index (κ3) is 2.01. The van der Waals surface area contributed by atoms with Crippen LogP contribution >= 0.6 is 0 Å². The molecule has 1 saturated heterocycles. The monoisotopic (exact) mass is 235 g/mol. The van der Waals surface area contributed by atoms with Crippen molar-refractivity contribution in [1.29, 1.82) is 0 Å². The lowest BCUT2D eigenvalue weighted by atomic mass is 10.3. The van der Waals surface area contributed by atoms with Crippen molar-refractivity contribution in [3.05, 3.63) is 24.3 Å². The highest BCUT2D eigenvalue weighted by Crippen LogP contribution is 2.25. The van der Waals surface area contributed by atoms with E-state index in [9.17, 15) is 9.59 Å². The highest BCUT2D eigenvalue weighted by molar-refractivity contribution is 6.22. The lowest BCUT2D eigenvalue weighted by Crippen LogP contribution is -2.32. The van der Waals surface area contributed by atoms with Crippen molar-refractivity contribution in [1.82, 2.24) is 0 Å². The Labute approximate surface area is 98.9 Å². The molecule has 2 amide bonds. The quantitative estimate of drug-likeness (QED) is 0.733. The zero-order chi connectivity index (χ0) is 12.4. The van der Waals surface area contributed by atoms with Crippen LogP contribution in [-0.2, 0) is 14.3 Å². The second-order valence-corrected chi connectivity index (χ2v) is 3.69. The average Bonchev–Trinajstić information content (AvgIpc) is 2.64. The number of imide groups is 1. The van der Waals surface area contributed by atoms with Crippen LogP contribution in [0.4, 0.5) is 5.69 Å². The van der Waals surface area contributed by atoms with Crippen LogP contribution in [0.15, 0.2) is 24.3 Å². The molecule has 1 aliphatic rings. The van der Waals surface area contributed by atoms with Gasteiger partial charge in [-0.05, 0) is 24.3 Å². The molecule has 2 rings (SSSR count). The Balaban J connectivity index is 2.27. The fourth-order valence-corrected chi connectivity index (χ4v) is 1.79. The van der Waals surface area contributed by atoms with Gasteiger partial charge < -0.3 is 9.47 Å². The van der Waals surface area contributed by atoms with Crippen molar-refractivity contribution in [2.45, 2.75) is 12.5 Å². The lowest BCUT2D eigenvalue weighted by molar-refractivity contribution is -0.125. The number of benzene rings is 1. The second kappa shape index (κ2) is 4.55. The lowest BCUT2D eigenvalue weighted by Gasteiger charge is -2.14. The number of rotatable bonds is 3. The maximum absolute atomic E-state index is 11.9. The Bertz CT molecular complexity index is 440. The molecule has 0 aromatic heterocycles. The van der Waals surface area contributed by atoms with Crippen molar-refractivity contribution >= 4 is 17.5 Å². The first-order valence-electron chi connectivity index (χ1n) is 5.21. The summed E-state index contributed by atoms with van der Waals surface area (Å²) in [6.45, 7) is 0. The molecule has 0 N–H and O–H groups in total. The first-order valence-corrected chi connectivity index (χ1v) is 5.21. The van der Waals surface area contributed by atoms with E-state index in [1.807, 2.05) is 0 Å². The second-order valence-electron chi connectivity index (χ2n) is 3.69. The number of hydrogen-bond donors (Lipinski definition) is 0. The van der Waals surface area contributed by atoms with Gasteiger partial charge in [-0.25, -0.2) is 4.90 Å². The zero-order valence-corrected chi connectivity index (χ0v) is 9.67. The molecule has 0 aliphatic carbocycles. The van der Waals surface area contributed by atoms with Crippen LogP contribution in [0, 0.1) is 0 Å². The molecule has 0 saturated carbocycles. The van der Waals surface area contributed by atoms with Crippen LogP contribution in [0.2, 0.25) is 0 Å². The normalized spacial score (nSPS) is 19.9. The number of methoxy groups -OCH3 is 2. The summed E-state index contributed by atoms with van der Waals surface area (Å²) >= 11 is 0. The summed E-state index contributed by atoms with van der Waals surface area (Å²) in [4.78, 5) is 24.7. The third-order valence-corrected chi connectivity index (χ3v) is 2.72. The Hall–Kier alpha value is -1.88. The molecular formula is C12H13NO4. The predicted molar refractivity (Wildman–Crippen MR) is 60.9 cm³/mol. The number of hydrogen-bond acceptors (Lipinski definition) is 4. The van der Waals surface area contributed by atoms with E-state index in [-0.39, 0.29) is 18.2 Å². The third-order valence-electron chi connectivity index (χ3n) is 2.72. The van der Waals surface area contributed by atoms with E-state index in [4.69, 9.17) is 9.47 Å². The van der Waals surface area contributed by atoms with E-state index in [2.05, 4.69) is 0 Å². The summed E-state index contributed by atoms with van der Waals surface area (Å²) in [6.07, 6.45) is -0.564. The van der Waals surface area contributed by atoms with E-state index >= 15 is 0 Å². The van der Waals surface area contributed by atoms with Gasteiger partial charge >= 0.3 is 0 Å². The Morgan fingerprint density at radius 1 is 1.18 bits per heavy atom. The molecule has 0 bridgehead atoms. The number of anilines is 1. The van der Waals surface area contributed by atoms with E-state index < -0.39 is 6.10 Å². The highest BCUT2D eigenvalue weighted by Gasteiger charge is 2.39. The molecule has 0 radical (unpaired) electrons. The maximum atomic E-state index is 11.9. The number of nitrogens with zero attached hydrogens (tertiary/aromatic N) is 1. The van der Waals surface area contributed by atoms with Crippen LogP contribution in [0.3, 0.4) is 0 Å². The molecule has 0 spiro atoms. The Kier molecular flexibility index (Phi) is 3.10. The molecule has 1 aromatic rings. The summed E-state index contributed by atoms with van der Waals surface area (Å²) in [6, 6.07) is 6.76. The standard InChI is InChI=1S/C12H13NO4/c1-16-9-5-3-8(4-6-9)13-11(14)7-10(17-2)12(13)15/h3-6,10H,7H2,1-2H3/t10-/m1/s1. The van der Waals surface area contributed by atoms with Gasteiger partial charge in [0.1, 0.15) is 11.9 Å². The highest BCUT2D eigenvalue weighted by atomic mass is 16.5. The summed E-state index contributed by atoms with van der Waals surface area (Å²) in [5.74, 6) is 0.117. The number of amides is 2. The molecule has 1 aliphatic heterocycles. The molecule has 5 nitrogen and oxygen atoms in total. The van der Waals surface area contributed by atoms with Gasteiger partial charge in [0.15, 0.2) is 0 Å². The van der Waals surface area contributed by atoms with Gasteiger partial charge in [0.05, 0.1) is 19.2 Å². The molecule has 1 heterocycles. The van der Waals surface area contributed by atoms with Gasteiger partial charge in [0.25, 0.3) is 5.91 Å². The van der Waals surface area contributed by atoms with E-state index in [0.29, 0.717) is 11.4 Å². The van der Waals surface area contributed by atoms with Gasteiger partial charge in [-0.3, -0.25) is 9.59 Å². The van der Waals surface area contributed by atoms with E-state index in [0.717, 1.165) is 4.90 Å². The van der Waals surface area contributed by atoms with Crippen molar-refractivity contribution in [3.8, 4) is 5.75 Å². The fraction of sp³-hybridized carbons (Fsp3) is 0.333. The van der Waals surface area contributed by atoms with Crippen molar-refractivity contribution < 1.29 is 19.1 Å². The molecule has 90 valence electrons. The number of carbonyl (C=O) groups excluding carboxylic acids is 2. The molecule has 1 aromatic carbocycles. The van der Waals surface area contributed by atoms with Crippen molar-refractivity contribution in [2.75, 3.05) is 19.1 Å². The van der Waals surface area contributed by atoms with Crippen LogP contribution < -0.4 is 9.64 Å². The number of carbonyl (C=O) groups is 2. The molecule has 0 unspecified atom stereocenters. The summed E-state index contributed by atoms with van der Waals surface area (Å²) in [7, 11) is 2.98. The van der Waals surface area contributed by atoms with Gasteiger partial charge in [0, 0.05) is 7.11 Å². The largest absolute Gasteiger partial charge is 0.497 e. The van der Waals surface area contributed by atoms with Crippen LogP contribution in [0.5, 0.6) is 5.75 Å². The van der Waals surface area contributed by atoms with E-state index in [1.54, 1.807) is 31.4 Å². The smallest absolute Gasteiger partial charge is 0.263 e. The first-order chi connectivity index (χ1) is 8.17. The summed E-state index contributed by atoms with van der Waals surface area (Å²) in [5, 5.41) is 0. The van der Waals surface area contributed by atoms with Gasteiger partial charge in [-0.15, -0.1) is 0 Å². The maximum Gasteiger partial charge on any atom is 0.263 e. The molecule has 1 atom stereocenters. The number of ether oxygens (including phenoxy) is 2. The van der Waals surface area contributed by atoms with Gasteiger partial charge in [-0.2, -0.15) is 0 Å². The van der Waals surface area contributed by atoms with Gasteiger partial charge in [-0.1, -0.05) is 0 Å². The summed E-state index contributed by atoms with van der Waals surface area (Å²) in [5.41, 5.74) is 0.542. The SMILES string of the molecule is COc1ccc(N2C(=O)C[C@@H](OC)C2=O)cc1. The van der Waals surface area contributed by atoms with E-state index in [1.165, 1.54) is 7.11 Å². The predicted octanol–water partition coefficient (Wildman–Crippen LogP) is 0.973. The molecule has 17 heavy (non-hydrogen) atoms. The van der Waals surface area contributed by atoms with Crippen molar-refractivity contribution in [2.24, 2.45) is 0 Å². The molecule has 1 fully saturated rings. The Morgan fingerprint density at radius 2 is 1.82 bits per heavy atom.